The molecule has 24 heavy (non-hydrogen) atoms. The third-order valence-electron chi connectivity index (χ3n) is 3.41. The molecule has 1 unspecified atom stereocenters. The first-order valence-corrected chi connectivity index (χ1v) is 7.94. The highest BCUT2D eigenvalue weighted by Gasteiger charge is 2.10. The molecule has 5 nitrogen and oxygen atoms in total. The highest BCUT2D eigenvalue weighted by atomic mass is 16.5. The first-order valence-electron chi connectivity index (χ1n) is 7.94. The highest BCUT2D eigenvalue weighted by molar-refractivity contribution is 5.91. The van der Waals surface area contributed by atoms with Gasteiger partial charge in [-0.1, -0.05) is 24.3 Å². The molecular formula is C19H23NO4. The van der Waals surface area contributed by atoms with Crippen LogP contribution in [0, 0.1) is 0 Å². The van der Waals surface area contributed by atoms with E-state index in [-0.39, 0.29) is 25.2 Å². The molecule has 0 saturated heterocycles. The smallest absolute Gasteiger partial charge is 0.338 e. The van der Waals surface area contributed by atoms with E-state index in [4.69, 9.17) is 9.84 Å². The predicted molar refractivity (Wildman–Crippen MR) is 94.0 cm³/mol. The van der Waals surface area contributed by atoms with Gasteiger partial charge in [0.15, 0.2) is 0 Å². The zero-order valence-electron chi connectivity index (χ0n) is 13.9. The number of aliphatic hydroxyl groups excluding tert-OH is 2. The third kappa shape index (κ3) is 5.08. The summed E-state index contributed by atoms with van der Waals surface area (Å²) < 4.78 is 5.22. The molecule has 3 N–H and O–H groups in total. The fraction of sp³-hybridized carbons (Fsp3) is 0.316. The normalized spacial score (nSPS) is 12.0. The molecule has 2 aromatic carbocycles. The number of esters is 1. The first-order chi connectivity index (χ1) is 11.5. The fourth-order valence-electron chi connectivity index (χ4n) is 2.19. The number of rotatable bonds is 7. The Balaban J connectivity index is 2.10. The Labute approximate surface area is 141 Å². The van der Waals surface area contributed by atoms with Crippen molar-refractivity contribution in [2.75, 3.05) is 18.5 Å². The van der Waals surface area contributed by atoms with E-state index in [0.29, 0.717) is 5.56 Å². The van der Waals surface area contributed by atoms with E-state index in [1.165, 1.54) is 0 Å². The Morgan fingerprint density at radius 3 is 2.46 bits per heavy atom. The summed E-state index contributed by atoms with van der Waals surface area (Å²) in [6.45, 7) is 3.65. The largest absolute Gasteiger partial charge is 0.459 e. The van der Waals surface area contributed by atoms with Crippen molar-refractivity contribution >= 4 is 11.7 Å². The lowest BCUT2D eigenvalue weighted by Gasteiger charge is -2.11. The van der Waals surface area contributed by atoms with Gasteiger partial charge in [-0.15, -0.1) is 0 Å². The van der Waals surface area contributed by atoms with Crippen molar-refractivity contribution in [2.24, 2.45) is 0 Å². The first kappa shape index (κ1) is 18.0. The van der Waals surface area contributed by atoms with Gasteiger partial charge in [-0.05, 0) is 49.2 Å². The van der Waals surface area contributed by atoms with E-state index < -0.39 is 6.10 Å². The lowest BCUT2D eigenvalue weighted by Crippen LogP contribution is -2.22. The van der Waals surface area contributed by atoms with Crippen LogP contribution in [0.5, 0.6) is 0 Å². The molecule has 1 atom stereocenters. The molecule has 5 heteroatoms. The molecule has 0 aliphatic rings. The summed E-state index contributed by atoms with van der Waals surface area (Å²) in [5, 5.41) is 21.2. The van der Waals surface area contributed by atoms with Gasteiger partial charge >= 0.3 is 5.97 Å². The predicted octanol–water partition coefficient (Wildman–Crippen LogP) is 2.68. The molecule has 128 valence electrons. The van der Waals surface area contributed by atoms with Crippen molar-refractivity contribution in [3.8, 4) is 11.1 Å². The summed E-state index contributed by atoms with van der Waals surface area (Å²) in [6, 6.07) is 14.9. The second kappa shape index (κ2) is 8.47. The van der Waals surface area contributed by atoms with Crippen molar-refractivity contribution in [3.63, 3.8) is 0 Å². The Hall–Kier alpha value is -2.37. The SMILES string of the molecule is CC(C)OC(=O)c1cccc(-c2ccc(NCC(O)CO)cc2)c1. The lowest BCUT2D eigenvalue weighted by atomic mass is 10.0. The Morgan fingerprint density at radius 2 is 1.83 bits per heavy atom. The number of anilines is 1. The standard InChI is InChI=1S/C19H23NO4/c1-13(2)24-19(23)16-5-3-4-15(10-16)14-6-8-17(9-7-14)20-11-18(22)12-21/h3-10,13,18,20-22H,11-12H2,1-2H3. The summed E-state index contributed by atoms with van der Waals surface area (Å²) in [4.78, 5) is 12.0. The van der Waals surface area contributed by atoms with Gasteiger partial charge in [-0.25, -0.2) is 4.79 Å². The number of hydrogen-bond donors (Lipinski definition) is 3. The maximum Gasteiger partial charge on any atom is 0.338 e. The van der Waals surface area contributed by atoms with Gasteiger partial charge in [0.2, 0.25) is 0 Å². The Morgan fingerprint density at radius 1 is 1.12 bits per heavy atom. The number of carbonyl (C=O) groups is 1. The molecular weight excluding hydrogens is 306 g/mol. The minimum atomic E-state index is -0.784. The molecule has 2 rings (SSSR count). The van der Waals surface area contributed by atoms with E-state index in [1.807, 2.05) is 56.3 Å². The summed E-state index contributed by atoms with van der Waals surface area (Å²) in [5.41, 5.74) is 3.27. The van der Waals surface area contributed by atoms with Crippen molar-refractivity contribution in [1.82, 2.24) is 0 Å². The van der Waals surface area contributed by atoms with Gasteiger partial charge in [-0.2, -0.15) is 0 Å². The minimum absolute atomic E-state index is 0.152. The van der Waals surface area contributed by atoms with Gasteiger partial charge in [0.25, 0.3) is 0 Å². The van der Waals surface area contributed by atoms with Crippen LogP contribution in [-0.2, 0) is 4.74 Å². The average Bonchev–Trinajstić information content (AvgIpc) is 2.59. The molecule has 0 spiro atoms. The number of ether oxygens (including phenoxy) is 1. The average molecular weight is 329 g/mol. The number of aliphatic hydroxyl groups is 2. The third-order valence-corrected chi connectivity index (χ3v) is 3.41. The summed E-state index contributed by atoms with van der Waals surface area (Å²) in [6.07, 6.45) is -0.936. The fourth-order valence-corrected chi connectivity index (χ4v) is 2.19. The topological polar surface area (TPSA) is 78.8 Å². The number of nitrogens with one attached hydrogen (secondary N) is 1. The van der Waals surface area contributed by atoms with E-state index in [0.717, 1.165) is 16.8 Å². The number of carbonyl (C=O) groups excluding carboxylic acids is 1. The Kier molecular flexibility index (Phi) is 6.35. The lowest BCUT2D eigenvalue weighted by molar-refractivity contribution is 0.0378. The summed E-state index contributed by atoms with van der Waals surface area (Å²) >= 11 is 0. The maximum absolute atomic E-state index is 12.0. The summed E-state index contributed by atoms with van der Waals surface area (Å²) in [7, 11) is 0. The molecule has 0 aromatic heterocycles. The second-order valence-electron chi connectivity index (χ2n) is 5.83. The van der Waals surface area contributed by atoms with Crippen molar-refractivity contribution < 1.29 is 19.7 Å². The zero-order chi connectivity index (χ0) is 17.5. The van der Waals surface area contributed by atoms with Crippen molar-refractivity contribution in [3.05, 3.63) is 54.1 Å². The van der Waals surface area contributed by atoms with Gasteiger partial charge in [-0.3, -0.25) is 0 Å². The van der Waals surface area contributed by atoms with Crippen LogP contribution < -0.4 is 5.32 Å². The monoisotopic (exact) mass is 329 g/mol. The maximum atomic E-state index is 12.0. The van der Waals surface area contributed by atoms with Crippen LogP contribution in [-0.4, -0.2) is 41.5 Å². The molecule has 0 radical (unpaired) electrons. The number of benzene rings is 2. The van der Waals surface area contributed by atoms with Gasteiger partial charge in [0, 0.05) is 12.2 Å². The van der Waals surface area contributed by atoms with Crippen LogP contribution >= 0.6 is 0 Å². The molecule has 0 amide bonds. The van der Waals surface area contributed by atoms with Crippen LogP contribution in [0.15, 0.2) is 48.5 Å². The molecule has 0 aliphatic carbocycles. The zero-order valence-corrected chi connectivity index (χ0v) is 13.9. The molecule has 0 saturated carbocycles. The minimum Gasteiger partial charge on any atom is -0.459 e. The second-order valence-corrected chi connectivity index (χ2v) is 5.83. The van der Waals surface area contributed by atoms with Gasteiger partial charge in [0.1, 0.15) is 0 Å². The van der Waals surface area contributed by atoms with Gasteiger partial charge in [0.05, 0.1) is 24.4 Å². The van der Waals surface area contributed by atoms with Crippen molar-refractivity contribution in [2.45, 2.75) is 26.1 Å². The molecule has 0 fully saturated rings. The van der Waals surface area contributed by atoms with Crippen LogP contribution in [0.2, 0.25) is 0 Å². The van der Waals surface area contributed by atoms with Gasteiger partial charge < -0.3 is 20.3 Å². The molecule has 0 bridgehead atoms. The Bertz CT molecular complexity index is 667. The molecule has 0 heterocycles. The van der Waals surface area contributed by atoms with Crippen LogP contribution in [0.3, 0.4) is 0 Å². The number of hydrogen-bond acceptors (Lipinski definition) is 5. The van der Waals surface area contributed by atoms with Crippen molar-refractivity contribution in [1.29, 1.82) is 0 Å². The summed E-state index contributed by atoms with van der Waals surface area (Å²) in [5.74, 6) is -0.330. The van der Waals surface area contributed by atoms with Crippen LogP contribution in [0.4, 0.5) is 5.69 Å². The van der Waals surface area contributed by atoms with E-state index in [1.54, 1.807) is 6.07 Å². The molecule has 0 aliphatic heterocycles. The molecule has 2 aromatic rings. The van der Waals surface area contributed by atoms with E-state index in [9.17, 15) is 9.90 Å². The quantitative estimate of drug-likeness (QED) is 0.681. The van der Waals surface area contributed by atoms with E-state index >= 15 is 0 Å². The van der Waals surface area contributed by atoms with Crippen LogP contribution in [0.25, 0.3) is 11.1 Å². The van der Waals surface area contributed by atoms with Crippen LogP contribution in [0.1, 0.15) is 24.2 Å². The highest BCUT2D eigenvalue weighted by Crippen LogP contribution is 2.23. The van der Waals surface area contributed by atoms with E-state index in [2.05, 4.69) is 5.32 Å².